The number of pyridine rings is 1. The first-order valence-electron chi connectivity index (χ1n) is 13.0. The third-order valence-electron chi connectivity index (χ3n) is 8.24. The second-order valence-corrected chi connectivity index (χ2v) is 12.6. The zero-order valence-corrected chi connectivity index (χ0v) is 22.7. The first kappa shape index (κ1) is 30.6. The van der Waals surface area contributed by atoms with Gasteiger partial charge in [0.2, 0.25) is 15.9 Å². The van der Waals surface area contributed by atoms with Gasteiger partial charge in [0.05, 0.1) is 0 Å². The standard InChI is InChI=1S/C23H31N5O5S.C2HF3O2/c24-23(16-8-14-7-15(10-16)11-17(23)9-14)13-26-20(29)5-6-27-34(32,33)18-1-2-19(25-12-18)28-21(30)3-4-22(28)31;3-2(4,5)1(6)7/h1-4,12,14-17,27,30-31H,5-11,13,24H2,(H,26,29);(H,6,7). The maximum Gasteiger partial charge on any atom is 0.490 e. The van der Waals surface area contributed by atoms with Gasteiger partial charge in [-0.25, -0.2) is 27.5 Å². The third-order valence-corrected chi connectivity index (χ3v) is 9.68. The highest BCUT2D eigenvalue weighted by molar-refractivity contribution is 7.89. The summed E-state index contributed by atoms with van der Waals surface area (Å²) >= 11 is 0. The summed E-state index contributed by atoms with van der Waals surface area (Å²) < 4.78 is 60.3. The summed E-state index contributed by atoms with van der Waals surface area (Å²) in [6, 6.07) is 5.27. The first-order valence-corrected chi connectivity index (χ1v) is 14.5. The van der Waals surface area contributed by atoms with Gasteiger partial charge < -0.3 is 26.4 Å². The van der Waals surface area contributed by atoms with Crippen LogP contribution in [-0.4, -0.2) is 70.0 Å². The molecular formula is C25H32F3N5O7S. The predicted molar refractivity (Wildman–Crippen MR) is 137 cm³/mol. The number of carboxylic acid groups (broad SMARTS) is 1. The van der Waals surface area contributed by atoms with E-state index < -0.39 is 22.2 Å². The normalized spacial score (nSPS) is 26.7. The molecule has 12 nitrogen and oxygen atoms in total. The number of halogens is 3. The highest BCUT2D eigenvalue weighted by Gasteiger charge is 2.55. The molecule has 2 aromatic rings. The van der Waals surface area contributed by atoms with E-state index >= 15 is 0 Å². The van der Waals surface area contributed by atoms with Crippen LogP contribution in [0, 0.1) is 23.7 Å². The Kier molecular flexibility index (Phi) is 8.57. The predicted octanol–water partition coefficient (Wildman–Crippen LogP) is 1.85. The van der Waals surface area contributed by atoms with Crippen LogP contribution in [0.2, 0.25) is 0 Å². The maximum atomic E-state index is 12.6. The van der Waals surface area contributed by atoms with E-state index in [0.29, 0.717) is 18.4 Å². The molecular weight excluding hydrogens is 571 g/mol. The molecule has 4 aliphatic carbocycles. The molecule has 0 spiro atoms. The monoisotopic (exact) mass is 603 g/mol. The van der Waals surface area contributed by atoms with Gasteiger partial charge in [-0.1, -0.05) is 0 Å². The fraction of sp³-hybridized carbons (Fsp3) is 0.560. The maximum absolute atomic E-state index is 12.6. The van der Waals surface area contributed by atoms with Crippen molar-refractivity contribution in [2.45, 2.75) is 55.1 Å². The van der Waals surface area contributed by atoms with Gasteiger partial charge in [-0.05, 0) is 67.9 Å². The Morgan fingerprint density at radius 3 is 2.02 bits per heavy atom. The molecule has 0 aliphatic heterocycles. The summed E-state index contributed by atoms with van der Waals surface area (Å²) in [6.45, 7) is 0.390. The molecule has 0 saturated heterocycles. The van der Waals surface area contributed by atoms with E-state index in [1.165, 1.54) is 30.7 Å². The largest absolute Gasteiger partial charge is 0.494 e. The van der Waals surface area contributed by atoms with Crippen LogP contribution in [0.15, 0.2) is 35.4 Å². The van der Waals surface area contributed by atoms with Gasteiger partial charge in [0.25, 0.3) is 0 Å². The number of hydrogen-bond acceptors (Lipinski definition) is 8. The molecule has 2 heterocycles. The lowest BCUT2D eigenvalue weighted by Gasteiger charge is -2.59. The van der Waals surface area contributed by atoms with Gasteiger partial charge in [0.1, 0.15) is 10.7 Å². The minimum Gasteiger partial charge on any atom is -0.494 e. The number of nitrogens with two attached hydrogens (primary N) is 1. The van der Waals surface area contributed by atoms with Crippen molar-refractivity contribution < 1.29 is 46.5 Å². The van der Waals surface area contributed by atoms with Crippen LogP contribution in [0.1, 0.15) is 38.5 Å². The van der Waals surface area contributed by atoms with Crippen LogP contribution in [0.3, 0.4) is 0 Å². The van der Waals surface area contributed by atoms with Crippen LogP contribution >= 0.6 is 0 Å². The summed E-state index contributed by atoms with van der Waals surface area (Å²) in [7, 11) is -3.87. The number of rotatable bonds is 8. The molecule has 0 aromatic carbocycles. The third kappa shape index (κ3) is 6.76. The van der Waals surface area contributed by atoms with E-state index in [-0.39, 0.29) is 46.9 Å². The number of carbonyl (C=O) groups is 2. The number of nitrogens with one attached hydrogen (secondary N) is 2. The number of amides is 1. The minimum atomic E-state index is -5.08. The van der Waals surface area contributed by atoms with Crippen LogP contribution in [0.25, 0.3) is 5.82 Å². The zero-order valence-electron chi connectivity index (χ0n) is 21.8. The minimum absolute atomic E-state index is 0.00647. The Labute approximate surface area is 233 Å². The molecule has 0 radical (unpaired) electrons. The number of sulfonamides is 1. The number of nitrogens with zero attached hydrogens (tertiary/aromatic N) is 2. The Morgan fingerprint density at radius 2 is 1.56 bits per heavy atom. The van der Waals surface area contributed by atoms with Gasteiger partial charge in [0, 0.05) is 43.4 Å². The number of alkyl halides is 3. The molecule has 4 saturated carbocycles. The van der Waals surface area contributed by atoms with Crippen molar-refractivity contribution in [2.75, 3.05) is 13.1 Å². The van der Waals surface area contributed by atoms with E-state index in [0.717, 1.165) is 48.3 Å². The summed E-state index contributed by atoms with van der Waals surface area (Å²) in [5, 5.41) is 29.6. The molecule has 1 amide bonds. The van der Waals surface area contributed by atoms with E-state index in [1.54, 1.807) is 0 Å². The molecule has 6 rings (SSSR count). The average Bonchev–Trinajstić information content (AvgIpc) is 3.23. The Morgan fingerprint density at radius 1 is 1.02 bits per heavy atom. The topological polar surface area (TPSA) is 197 Å². The molecule has 226 valence electrons. The Balaban J connectivity index is 0.000000493. The van der Waals surface area contributed by atoms with E-state index in [9.17, 15) is 36.6 Å². The van der Waals surface area contributed by atoms with Gasteiger partial charge in [-0.15, -0.1) is 0 Å². The lowest BCUT2D eigenvalue weighted by atomic mass is 9.49. The molecule has 41 heavy (non-hydrogen) atoms. The number of aliphatic carboxylic acids is 1. The van der Waals surface area contributed by atoms with Crippen molar-refractivity contribution in [3.05, 3.63) is 30.5 Å². The van der Waals surface area contributed by atoms with Crippen molar-refractivity contribution in [2.24, 2.45) is 29.4 Å². The highest BCUT2D eigenvalue weighted by Crippen LogP contribution is 2.57. The van der Waals surface area contributed by atoms with Crippen LogP contribution < -0.4 is 15.8 Å². The summed E-state index contributed by atoms with van der Waals surface area (Å²) in [5.74, 6) is -0.739. The number of hydrogen-bond donors (Lipinski definition) is 6. The fourth-order valence-electron chi connectivity index (χ4n) is 6.39. The van der Waals surface area contributed by atoms with Crippen molar-refractivity contribution in [3.8, 4) is 17.6 Å². The smallest absolute Gasteiger partial charge is 0.490 e. The molecule has 0 atom stereocenters. The Hall–Kier alpha value is -3.37. The number of aromatic hydroxyl groups is 2. The van der Waals surface area contributed by atoms with E-state index in [2.05, 4.69) is 15.0 Å². The van der Waals surface area contributed by atoms with Crippen molar-refractivity contribution in [1.82, 2.24) is 19.6 Å². The number of aromatic nitrogens is 2. The second kappa shape index (κ2) is 11.5. The van der Waals surface area contributed by atoms with Crippen LogP contribution in [0.4, 0.5) is 13.2 Å². The highest BCUT2D eigenvalue weighted by atomic mass is 32.2. The van der Waals surface area contributed by atoms with Crippen LogP contribution in [0.5, 0.6) is 11.8 Å². The summed E-state index contributed by atoms with van der Waals surface area (Å²) in [5.41, 5.74) is 6.46. The lowest BCUT2D eigenvalue weighted by Crippen LogP contribution is -2.67. The van der Waals surface area contributed by atoms with E-state index in [4.69, 9.17) is 15.6 Å². The van der Waals surface area contributed by atoms with Gasteiger partial charge in [-0.3, -0.25) is 4.79 Å². The van der Waals surface area contributed by atoms with Gasteiger partial charge in [0.15, 0.2) is 11.8 Å². The molecule has 7 N–H and O–H groups in total. The van der Waals surface area contributed by atoms with Gasteiger partial charge in [-0.2, -0.15) is 13.2 Å². The number of carbonyl (C=O) groups excluding carboxylic acids is 1. The quantitative estimate of drug-likeness (QED) is 0.261. The lowest BCUT2D eigenvalue weighted by molar-refractivity contribution is -0.192. The molecule has 4 aliphatic rings. The van der Waals surface area contributed by atoms with Crippen molar-refractivity contribution in [3.63, 3.8) is 0 Å². The summed E-state index contributed by atoms with van der Waals surface area (Å²) in [4.78, 5) is 25.2. The Bertz CT molecular complexity index is 1330. The van der Waals surface area contributed by atoms with Gasteiger partial charge >= 0.3 is 12.1 Å². The first-order chi connectivity index (χ1) is 19.1. The average molecular weight is 604 g/mol. The van der Waals surface area contributed by atoms with E-state index in [1.807, 2.05) is 0 Å². The van der Waals surface area contributed by atoms with Crippen molar-refractivity contribution in [1.29, 1.82) is 0 Å². The SMILES string of the molecule is NC1(CNC(=O)CCNS(=O)(=O)c2ccc(-n3c(O)ccc3O)nc2)C2CC3CC(C2)CC1C3.O=C(O)C(F)(F)F. The van der Waals surface area contributed by atoms with Crippen molar-refractivity contribution >= 4 is 21.9 Å². The fourth-order valence-corrected chi connectivity index (χ4v) is 7.36. The number of carboxylic acids is 1. The molecule has 16 heteroatoms. The van der Waals surface area contributed by atoms with Crippen LogP contribution in [-0.2, 0) is 19.6 Å². The zero-order chi connectivity index (χ0) is 30.2. The molecule has 4 bridgehead atoms. The molecule has 0 unspecified atom stereocenters. The second-order valence-electron chi connectivity index (χ2n) is 10.9. The molecule has 4 fully saturated rings. The molecule has 2 aromatic heterocycles. The summed E-state index contributed by atoms with van der Waals surface area (Å²) in [6.07, 6.45) is 2.04.